The van der Waals surface area contributed by atoms with E-state index in [1.807, 2.05) is 30.3 Å². The third-order valence-electron chi connectivity index (χ3n) is 5.11. The van der Waals surface area contributed by atoms with Gasteiger partial charge in [-0.3, -0.25) is 14.2 Å². The Hall–Kier alpha value is -3.71. The molecule has 2 N–H and O–H groups in total. The van der Waals surface area contributed by atoms with Crippen LogP contribution in [0.3, 0.4) is 0 Å². The Balaban J connectivity index is 1.96. The van der Waals surface area contributed by atoms with E-state index in [0.29, 0.717) is 27.6 Å². The highest BCUT2D eigenvalue weighted by molar-refractivity contribution is 9.10. The number of nitrogens with zero attached hydrogens (tertiary/aromatic N) is 1. The van der Waals surface area contributed by atoms with Gasteiger partial charge >= 0.3 is 5.97 Å². The first-order valence-corrected chi connectivity index (χ1v) is 10.7. The maximum atomic E-state index is 13.4. The summed E-state index contributed by atoms with van der Waals surface area (Å²) >= 11 is 3.44. The number of pyridine rings is 1. The smallest absolute Gasteiger partial charge is 0.353 e. The SMILES string of the molecule is CC(=O)Nc1ccc(Cn2c(C(=O)O)c(-c3ccccc3)c3cc(Br)ccc3c2=O)cc1. The molecular formula is C25H19BrN2O4. The molecular weight excluding hydrogens is 472 g/mol. The third kappa shape index (κ3) is 4.20. The van der Waals surface area contributed by atoms with Crippen molar-refractivity contribution in [2.45, 2.75) is 13.5 Å². The van der Waals surface area contributed by atoms with Crippen LogP contribution in [-0.4, -0.2) is 21.6 Å². The fraction of sp³-hybridized carbons (Fsp3) is 0.0800. The largest absolute Gasteiger partial charge is 0.477 e. The molecule has 1 amide bonds. The number of aromatic nitrogens is 1. The van der Waals surface area contributed by atoms with E-state index in [1.54, 1.807) is 42.5 Å². The molecule has 1 heterocycles. The first-order chi connectivity index (χ1) is 15.3. The Morgan fingerprint density at radius 3 is 2.28 bits per heavy atom. The number of hydrogen-bond donors (Lipinski definition) is 2. The van der Waals surface area contributed by atoms with Gasteiger partial charge in [-0.25, -0.2) is 4.79 Å². The number of benzene rings is 3. The number of anilines is 1. The molecule has 0 bridgehead atoms. The second-order valence-corrected chi connectivity index (χ2v) is 8.27. The van der Waals surface area contributed by atoms with E-state index in [4.69, 9.17) is 0 Å². The van der Waals surface area contributed by atoms with Crippen molar-refractivity contribution in [3.8, 4) is 11.1 Å². The van der Waals surface area contributed by atoms with E-state index in [9.17, 15) is 19.5 Å². The molecule has 0 spiro atoms. The summed E-state index contributed by atoms with van der Waals surface area (Å²) in [6.45, 7) is 1.50. The molecule has 0 aliphatic rings. The minimum Gasteiger partial charge on any atom is -0.477 e. The van der Waals surface area contributed by atoms with Crippen molar-refractivity contribution in [2.24, 2.45) is 0 Å². The molecule has 0 aliphatic heterocycles. The van der Waals surface area contributed by atoms with Gasteiger partial charge in [-0.2, -0.15) is 0 Å². The molecule has 4 rings (SSSR count). The van der Waals surface area contributed by atoms with Crippen LogP contribution in [0, 0.1) is 0 Å². The number of carbonyl (C=O) groups is 2. The van der Waals surface area contributed by atoms with Crippen molar-refractivity contribution in [3.63, 3.8) is 0 Å². The van der Waals surface area contributed by atoms with Gasteiger partial charge in [0.05, 0.1) is 6.54 Å². The lowest BCUT2D eigenvalue weighted by Gasteiger charge is -2.18. The molecule has 0 unspecified atom stereocenters. The lowest BCUT2D eigenvalue weighted by atomic mass is 9.96. The average molecular weight is 491 g/mol. The molecule has 0 saturated carbocycles. The van der Waals surface area contributed by atoms with Crippen LogP contribution in [0.4, 0.5) is 5.69 Å². The monoisotopic (exact) mass is 490 g/mol. The van der Waals surface area contributed by atoms with Gasteiger partial charge in [-0.05, 0) is 46.8 Å². The van der Waals surface area contributed by atoms with Gasteiger partial charge in [-0.15, -0.1) is 0 Å². The Morgan fingerprint density at radius 2 is 1.66 bits per heavy atom. The number of carboxylic acids is 1. The van der Waals surface area contributed by atoms with Gasteiger partial charge < -0.3 is 10.4 Å². The number of carbonyl (C=O) groups excluding carboxylic acids is 1. The van der Waals surface area contributed by atoms with Gasteiger partial charge in [0.15, 0.2) is 0 Å². The fourth-order valence-corrected chi connectivity index (χ4v) is 4.13. The summed E-state index contributed by atoms with van der Waals surface area (Å²) in [7, 11) is 0. The van der Waals surface area contributed by atoms with E-state index < -0.39 is 5.97 Å². The minimum atomic E-state index is -1.18. The first-order valence-electron chi connectivity index (χ1n) is 9.86. The van der Waals surface area contributed by atoms with Gasteiger partial charge in [0.2, 0.25) is 5.91 Å². The summed E-state index contributed by atoms with van der Waals surface area (Å²) in [5.74, 6) is -1.37. The lowest BCUT2D eigenvalue weighted by Crippen LogP contribution is -2.28. The second kappa shape index (κ2) is 8.80. The maximum Gasteiger partial charge on any atom is 0.353 e. The minimum absolute atomic E-state index is 0.0715. The Bertz CT molecular complexity index is 1390. The first kappa shape index (κ1) is 21.5. The summed E-state index contributed by atoms with van der Waals surface area (Å²) < 4.78 is 2.05. The summed E-state index contributed by atoms with van der Waals surface area (Å²) in [4.78, 5) is 37.1. The summed E-state index contributed by atoms with van der Waals surface area (Å²) in [5, 5.41) is 13.9. The van der Waals surface area contributed by atoms with Crippen molar-refractivity contribution in [1.82, 2.24) is 4.57 Å². The van der Waals surface area contributed by atoms with Gasteiger partial charge in [0.1, 0.15) is 5.69 Å². The summed E-state index contributed by atoms with van der Waals surface area (Å²) in [6.07, 6.45) is 0. The average Bonchev–Trinajstić information content (AvgIpc) is 2.76. The van der Waals surface area contributed by atoms with Crippen LogP contribution in [0.15, 0.2) is 82.1 Å². The van der Waals surface area contributed by atoms with Crippen molar-refractivity contribution in [3.05, 3.63) is 98.9 Å². The maximum absolute atomic E-state index is 13.4. The molecule has 160 valence electrons. The van der Waals surface area contributed by atoms with Gasteiger partial charge in [0, 0.05) is 28.0 Å². The van der Waals surface area contributed by atoms with Crippen LogP contribution in [0.25, 0.3) is 21.9 Å². The highest BCUT2D eigenvalue weighted by atomic mass is 79.9. The molecule has 1 aromatic heterocycles. The van der Waals surface area contributed by atoms with Crippen molar-refractivity contribution in [1.29, 1.82) is 0 Å². The van der Waals surface area contributed by atoms with E-state index >= 15 is 0 Å². The van der Waals surface area contributed by atoms with Crippen LogP contribution >= 0.6 is 15.9 Å². The number of hydrogen-bond acceptors (Lipinski definition) is 3. The van der Waals surface area contributed by atoms with Crippen LogP contribution in [0.2, 0.25) is 0 Å². The zero-order valence-corrected chi connectivity index (χ0v) is 18.7. The van der Waals surface area contributed by atoms with Crippen LogP contribution in [0.5, 0.6) is 0 Å². The van der Waals surface area contributed by atoms with Gasteiger partial charge in [0.25, 0.3) is 5.56 Å². The molecule has 7 heteroatoms. The van der Waals surface area contributed by atoms with Crippen LogP contribution in [-0.2, 0) is 11.3 Å². The number of nitrogens with one attached hydrogen (secondary N) is 1. The number of amides is 1. The Morgan fingerprint density at radius 1 is 0.969 bits per heavy atom. The van der Waals surface area contributed by atoms with Crippen molar-refractivity contribution >= 4 is 44.3 Å². The lowest BCUT2D eigenvalue weighted by molar-refractivity contribution is -0.114. The quantitative estimate of drug-likeness (QED) is 0.405. The second-order valence-electron chi connectivity index (χ2n) is 7.35. The number of aromatic carboxylic acids is 1. The van der Waals surface area contributed by atoms with E-state index in [1.165, 1.54) is 11.5 Å². The molecule has 0 fully saturated rings. The van der Waals surface area contributed by atoms with Crippen molar-refractivity contribution < 1.29 is 14.7 Å². The number of halogens is 1. The number of carboxylic acid groups (broad SMARTS) is 1. The standard InChI is InChI=1S/C25H19BrN2O4/c1-15(29)27-19-10-7-16(8-11-19)14-28-23(25(31)32)22(17-5-3-2-4-6-17)21-13-18(26)9-12-20(21)24(28)30/h2-13H,14H2,1H3,(H,27,29)(H,31,32). The predicted molar refractivity (Wildman–Crippen MR) is 128 cm³/mol. The number of fused-ring (bicyclic) bond motifs is 1. The fourth-order valence-electron chi connectivity index (χ4n) is 3.77. The molecule has 32 heavy (non-hydrogen) atoms. The zero-order chi connectivity index (χ0) is 22.8. The normalized spacial score (nSPS) is 10.8. The highest BCUT2D eigenvalue weighted by Crippen LogP contribution is 2.32. The summed E-state index contributed by atoms with van der Waals surface area (Å²) in [5.41, 5.74) is 2.11. The van der Waals surface area contributed by atoms with Crippen LogP contribution in [0.1, 0.15) is 23.0 Å². The molecule has 0 atom stereocenters. The van der Waals surface area contributed by atoms with E-state index in [-0.39, 0.29) is 23.7 Å². The van der Waals surface area contributed by atoms with Crippen molar-refractivity contribution in [2.75, 3.05) is 5.32 Å². The zero-order valence-electron chi connectivity index (χ0n) is 17.1. The summed E-state index contributed by atoms with van der Waals surface area (Å²) in [6, 6.07) is 21.4. The molecule has 0 saturated heterocycles. The molecule has 4 aromatic rings. The number of rotatable bonds is 5. The molecule has 3 aromatic carbocycles. The van der Waals surface area contributed by atoms with Crippen LogP contribution < -0.4 is 10.9 Å². The van der Waals surface area contributed by atoms with E-state index in [0.717, 1.165) is 10.0 Å². The molecule has 6 nitrogen and oxygen atoms in total. The Kier molecular flexibility index (Phi) is 5.92. The Labute approximate surface area is 192 Å². The van der Waals surface area contributed by atoms with Gasteiger partial charge in [-0.1, -0.05) is 58.4 Å². The topological polar surface area (TPSA) is 88.4 Å². The predicted octanol–water partition coefficient (Wildman–Crippen LogP) is 5.14. The molecule has 0 aliphatic carbocycles. The molecule has 0 radical (unpaired) electrons. The highest BCUT2D eigenvalue weighted by Gasteiger charge is 2.23. The van der Waals surface area contributed by atoms with E-state index in [2.05, 4.69) is 21.2 Å². The third-order valence-corrected chi connectivity index (χ3v) is 5.61.